The van der Waals surface area contributed by atoms with Gasteiger partial charge in [0, 0.05) is 36.2 Å². The molecule has 2 N–H and O–H groups in total. The van der Waals surface area contributed by atoms with Gasteiger partial charge in [-0.25, -0.2) is 0 Å². The molecule has 2 aromatic carbocycles. The normalized spacial score (nSPS) is 21.7. The first-order valence-electron chi connectivity index (χ1n) is 9.16. The fourth-order valence-electron chi connectivity index (χ4n) is 4.26. The fraction of sp³-hybridized carbons (Fsp3) is 0.364. The van der Waals surface area contributed by atoms with Crippen molar-refractivity contribution in [3.63, 3.8) is 0 Å². The third-order valence-corrected chi connectivity index (χ3v) is 5.61. The zero-order chi connectivity index (χ0) is 17.4. The number of fused-ring (bicyclic) bond motifs is 1. The number of nitrogens with one attached hydrogen (secondary N) is 1. The minimum Gasteiger partial charge on any atom is -0.393 e. The van der Waals surface area contributed by atoms with Gasteiger partial charge in [-0.15, -0.1) is 0 Å². The molecule has 3 aromatic rings. The zero-order valence-corrected chi connectivity index (χ0v) is 15.0. The van der Waals surface area contributed by atoms with Crippen molar-refractivity contribution in [1.82, 2.24) is 9.88 Å². The summed E-state index contributed by atoms with van der Waals surface area (Å²) in [5.41, 5.74) is 6.60. The van der Waals surface area contributed by atoms with Crippen molar-refractivity contribution < 1.29 is 5.11 Å². The highest BCUT2D eigenvalue weighted by molar-refractivity contribution is 5.86. The Kier molecular flexibility index (Phi) is 4.36. The molecule has 25 heavy (non-hydrogen) atoms. The second kappa shape index (κ2) is 6.66. The first kappa shape index (κ1) is 16.4. The molecular weight excluding hydrogens is 308 g/mol. The average molecular weight is 334 g/mol. The van der Waals surface area contributed by atoms with Crippen LogP contribution in [0.2, 0.25) is 0 Å². The fourth-order valence-corrected chi connectivity index (χ4v) is 4.26. The molecule has 1 aromatic heterocycles. The van der Waals surface area contributed by atoms with Gasteiger partial charge in [0.1, 0.15) is 0 Å². The summed E-state index contributed by atoms with van der Waals surface area (Å²) >= 11 is 0. The third kappa shape index (κ3) is 3.10. The molecule has 3 nitrogen and oxygen atoms in total. The Morgan fingerprint density at radius 3 is 2.72 bits per heavy atom. The molecule has 0 bridgehead atoms. The molecule has 0 saturated carbocycles. The molecule has 3 heteroatoms. The van der Waals surface area contributed by atoms with Crippen molar-refractivity contribution in [2.45, 2.75) is 45.4 Å². The largest absolute Gasteiger partial charge is 0.393 e. The summed E-state index contributed by atoms with van der Waals surface area (Å²) in [7, 11) is 0. The zero-order valence-electron chi connectivity index (χ0n) is 15.0. The molecule has 0 spiro atoms. The maximum atomic E-state index is 10.2. The number of piperidine rings is 1. The molecule has 2 atom stereocenters. The molecule has 1 aliphatic rings. The van der Waals surface area contributed by atoms with E-state index < -0.39 is 0 Å². The second-order valence-electron chi connectivity index (χ2n) is 7.33. The van der Waals surface area contributed by atoms with Gasteiger partial charge in [0.15, 0.2) is 0 Å². The SMILES string of the molecule is Cc1cc(C)c2[nH]ccc2c1CN1CC[C@H](O)C[C@H]1c1ccccc1. The van der Waals surface area contributed by atoms with Crippen LogP contribution in [0.4, 0.5) is 0 Å². The van der Waals surface area contributed by atoms with Crippen LogP contribution in [0.15, 0.2) is 48.7 Å². The van der Waals surface area contributed by atoms with Crippen molar-refractivity contribution in [1.29, 1.82) is 0 Å². The molecule has 130 valence electrons. The highest BCUT2D eigenvalue weighted by Crippen LogP contribution is 2.34. The Balaban J connectivity index is 1.70. The van der Waals surface area contributed by atoms with Gasteiger partial charge in [0.2, 0.25) is 0 Å². The lowest BCUT2D eigenvalue weighted by Gasteiger charge is -2.38. The molecule has 0 unspecified atom stereocenters. The van der Waals surface area contributed by atoms with Gasteiger partial charge in [-0.1, -0.05) is 36.4 Å². The van der Waals surface area contributed by atoms with E-state index >= 15 is 0 Å². The van der Waals surface area contributed by atoms with Crippen LogP contribution in [0.1, 0.15) is 41.1 Å². The van der Waals surface area contributed by atoms with E-state index in [4.69, 9.17) is 0 Å². The minimum absolute atomic E-state index is 0.201. The summed E-state index contributed by atoms with van der Waals surface area (Å²) in [6.45, 7) is 6.23. The van der Waals surface area contributed by atoms with Crippen LogP contribution in [0.25, 0.3) is 10.9 Å². The number of aliphatic hydroxyl groups excluding tert-OH is 1. The molecule has 0 aliphatic carbocycles. The van der Waals surface area contributed by atoms with Crippen molar-refractivity contribution in [2.75, 3.05) is 6.54 Å². The molecular formula is C22H26N2O. The molecule has 2 heterocycles. The molecule has 0 radical (unpaired) electrons. The van der Waals surface area contributed by atoms with E-state index in [0.29, 0.717) is 0 Å². The van der Waals surface area contributed by atoms with Gasteiger partial charge >= 0.3 is 0 Å². The number of aromatic nitrogens is 1. The molecule has 1 aliphatic heterocycles. The number of H-pyrrole nitrogens is 1. The Morgan fingerprint density at radius 2 is 1.92 bits per heavy atom. The van der Waals surface area contributed by atoms with Crippen LogP contribution in [0, 0.1) is 13.8 Å². The average Bonchev–Trinajstić information content (AvgIpc) is 3.10. The number of aromatic amines is 1. The van der Waals surface area contributed by atoms with Gasteiger partial charge in [-0.05, 0) is 55.0 Å². The van der Waals surface area contributed by atoms with Crippen LogP contribution in [-0.4, -0.2) is 27.6 Å². The van der Waals surface area contributed by atoms with Crippen LogP contribution >= 0.6 is 0 Å². The van der Waals surface area contributed by atoms with Crippen molar-refractivity contribution in [3.05, 3.63) is 70.9 Å². The highest BCUT2D eigenvalue weighted by atomic mass is 16.3. The lowest BCUT2D eigenvalue weighted by molar-refractivity contribution is 0.0365. The molecule has 1 fully saturated rings. The predicted molar refractivity (Wildman–Crippen MR) is 103 cm³/mol. The summed E-state index contributed by atoms with van der Waals surface area (Å²) in [6, 6.07) is 15.4. The maximum absolute atomic E-state index is 10.2. The van der Waals surface area contributed by atoms with Crippen LogP contribution in [-0.2, 0) is 6.54 Å². The standard InChI is InChI=1S/C22H26N2O/c1-15-12-16(2)22-19(8-10-23-22)20(15)14-24-11-9-18(25)13-21(24)17-6-4-3-5-7-17/h3-8,10,12,18,21,23,25H,9,11,13-14H2,1-2H3/t18-,21-/m0/s1. The Bertz CT molecular complexity index is 868. The number of hydrogen-bond donors (Lipinski definition) is 2. The molecule has 1 saturated heterocycles. The van der Waals surface area contributed by atoms with Gasteiger partial charge in [-0.3, -0.25) is 4.90 Å². The van der Waals surface area contributed by atoms with Crippen molar-refractivity contribution in [2.24, 2.45) is 0 Å². The number of aryl methyl sites for hydroxylation is 2. The van der Waals surface area contributed by atoms with Crippen molar-refractivity contribution >= 4 is 10.9 Å². The van der Waals surface area contributed by atoms with E-state index in [1.54, 1.807) is 0 Å². The topological polar surface area (TPSA) is 39.3 Å². The number of hydrogen-bond acceptors (Lipinski definition) is 2. The highest BCUT2D eigenvalue weighted by Gasteiger charge is 2.29. The maximum Gasteiger partial charge on any atom is 0.0570 e. The minimum atomic E-state index is -0.201. The van der Waals surface area contributed by atoms with Gasteiger partial charge in [0.05, 0.1) is 6.10 Å². The van der Waals surface area contributed by atoms with E-state index in [2.05, 4.69) is 66.2 Å². The van der Waals surface area contributed by atoms with Crippen molar-refractivity contribution in [3.8, 4) is 0 Å². The number of nitrogens with zero attached hydrogens (tertiary/aromatic N) is 1. The van der Waals surface area contributed by atoms with E-state index in [0.717, 1.165) is 25.9 Å². The lowest BCUT2D eigenvalue weighted by atomic mass is 9.91. The van der Waals surface area contributed by atoms with Crippen LogP contribution in [0.5, 0.6) is 0 Å². The smallest absolute Gasteiger partial charge is 0.0570 e. The predicted octanol–water partition coefficient (Wildman–Crippen LogP) is 4.48. The number of likely N-dealkylation sites (tertiary alicyclic amines) is 1. The van der Waals surface area contributed by atoms with Crippen LogP contribution in [0.3, 0.4) is 0 Å². The van der Waals surface area contributed by atoms with Gasteiger partial charge < -0.3 is 10.1 Å². The molecule has 4 rings (SSSR count). The second-order valence-corrected chi connectivity index (χ2v) is 7.33. The quantitative estimate of drug-likeness (QED) is 0.741. The van der Waals surface area contributed by atoms with E-state index in [1.807, 2.05) is 6.20 Å². The van der Waals surface area contributed by atoms with E-state index in [9.17, 15) is 5.11 Å². The third-order valence-electron chi connectivity index (χ3n) is 5.61. The van der Waals surface area contributed by atoms with Gasteiger partial charge in [-0.2, -0.15) is 0 Å². The lowest BCUT2D eigenvalue weighted by Crippen LogP contribution is -2.38. The van der Waals surface area contributed by atoms with Crippen LogP contribution < -0.4 is 0 Å². The monoisotopic (exact) mass is 334 g/mol. The summed E-state index contributed by atoms with van der Waals surface area (Å²) in [5, 5.41) is 11.6. The first-order chi connectivity index (χ1) is 12.1. The first-order valence-corrected chi connectivity index (χ1v) is 9.16. The van der Waals surface area contributed by atoms with E-state index in [1.165, 1.54) is 33.2 Å². The molecule has 0 amide bonds. The number of rotatable bonds is 3. The number of benzene rings is 2. The summed E-state index contributed by atoms with van der Waals surface area (Å²) in [4.78, 5) is 5.92. The van der Waals surface area contributed by atoms with Gasteiger partial charge in [0.25, 0.3) is 0 Å². The summed E-state index contributed by atoms with van der Waals surface area (Å²) in [5.74, 6) is 0. The summed E-state index contributed by atoms with van der Waals surface area (Å²) < 4.78 is 0. The number of aliphatic hydroxyl groups is 1. The van der Waals surface area contributed by atoms with E-state index in [-0.39, 0.29) is 12.1 Å². The Labute approximate surface area is 149 Å². The summed E-state index contributed by atoms with van der Waals surface area (Å²) in [6.07, 6.45) is 3.50. The Hall–Kier alpha value is -2.10. The Morgan fingerprint density at radius 1 is 1.12 bits per heavy atom.